The van der Waals surface area contributed by atoms with Gasteiger partial charge in [-0.1, -0.05) is 42.5 Å². The van der Waals surface area contributed by atoms with Crippen LogP contribution in [-0.2, 0) is 19.4 Å². The van der Waals surface area contributed by atoms with Gasteiger partial charge in [-0.3, -0.25) is 4.79 Å². The van der Waals surface area contributed by atoms with Gasteiger partial charge in [0.25, 0.3) is 0 Å². The number of benzene rings is 3. The van der Waals surface area contributed by atoms with Gasteiger partial charge in [-0.2, -0.15) is 0 Å². The van der Waals surface area contributed by atoms with Gasteiger partial charge in [-0.05, 0) is 59.9 Å². The topological polar surface area (TPSA) is 35.5 Å². The Labute approximate surface area is 159 Å². The lowest BCUT2D eigenvalue weighted by Crippen LogP contribution is -2.25. The number of hydrogen-bond acceptors (Lipinski definition) is 3. The second kappa shape index (κ2) is 8.09. The van der Waals surface area contributed by atoms with Crippen LogP contribution in [0.5, 0.6) is 11.5 Å². The number of carbonyl (C=O) groups is 1. The molecule has 0 radical (unpaired) electrons. The summed E-state index contributed by atoms with van der Waals surface area (Å²) in [7, 11) is 0. The molecule has 4 rings (SSSR count). The molecule has 3 aromatic rings. The number of ether oxygens (including phenoxy) is 2. The minimum Gasteiger partial charge on any atom is -0.490 e. The van der Waals surface area contributed by atoms with Gasteiger partial charge in [0.1, 0.15) is 30.5 Å². The minimum absolute atomic E-state index is 0.163. The summed E-state index contributed by atoms with van der Waals surface area (Å²) in [6.07, 6.45) is 3.82. The minimum atomic E-state index is 0.163. The molecule has 0 aliphatic carbocycles. The zero-order chi connectivity index (χ0) is 18.5. The summed E-state index contributed by atoms with van der Waals surface area (Å²) in [6.45, 7) is 0.575. The van der Waals surface area contributed by atoms with E-state index in [4.69, 9.17) is 9.47 Å². The van der Waals surface area contributed by atoms with E-state index in [1.807, 2.05) is 48.5 Å². The largest absolute Gasteiger partial charge is 0.490 e. The Kier molecular flexibility index (Phi) is 5.20. The van der Waals surface area contributed by atoms with Gasteiger partial charge in [-0.15, -0.1) is 0 Å². The molecule has 0 unspecified atom stereocenters. The quantitative estimate of drug-likeness (QED) is 0.581. The average molecular weight is 358 g/mol. The molecule has 136 valence electrons. The SMILES string of the molecule is O=Cc1ccc2c(c1)CC[C@H](Cc1ccc(OCc3ccccc3)cc1)O2. The van der Waals surface area contributed by atoms with Crippen molar-refractivity contribution < 1.29 is 14.3 Å². The number of rotatable bonds is 6. The summed E-state index contributed by atoms with van der Waals surface area (Å²) in [5.41, 5.74) is 4.23. The van der Waals surface area contributed by atoms with Gasteiger partial charge >= 0.3 is 0 Å². The Bertz CT molecular complexity index is 901. The molecule has 0 saturated heterocycles. The molecular formula is C24H22O3. The third-order valence-electron chi connectivity index (χ3n) is 4.88. The van der Waals surface area contributed by atoms with E-state index in [2.05, 4.69) is 24.3 Å². The fourth-order valence-corrected chi connectivity index (χ4v) is 3.41. The second-order valence-electron chi connectivity index (χ2n) is 6.89. The van der Waals surface area contributed by atoms with Crippen LogP contribution in [0.25, 0.3) is 0 Å². The van der Waals surface area contributed by atoms with Crippen LogP contribution in [0, 0.1) is 0 Å². The van der Waals surface area contributed by atoms with Gasteiger partial charge in [0.15, 0.2) is 0 Å². The maximum atomic E-state index is 10.9. The molecule has 1 atom stereocenters. The Morgan fingerprint density at radius 3 is 2.56 bits per heavy atom. The summed E-state index contributed by atoms with van der Waals surface area (Å²) in [4.78, 5) is 10.9. The average Bonchev–Trinajstić information content (AvgIpc) is 2.73. The summed E-state index contributed by atoms with van der Waals surface area (Å²) in [6, 6.07) is 24.1. The highest BCUT2D eigenvalue weighted by Crippen LogP contribution is 2.29. The van der Waals surface area contributed by atoms with Crippen molar-refractivity contribution in [3.8, 4) is 11.5 Å². The Balaban J connectivity index is 1.34. The van der Waals surface area contributed by atoms with Gasteiger partial charge in [0, 0.05) is 12.0 Å². The van der Waals surface area contributed by atoms with E-state index in [-0.39, 0.29) is 6.10 Å². The van der Waals surface area contributed by atoms with Crippen LogP contribution in [0.2, 0.25) is 0 Å². The first-order chi connectivity index (χ1) is 13.3. The number of aldehydes is 1. The Hall–Kier alpha value is -3.07. The lowest BCUT2D eigenvalue weighted by Gasteiger charge is -2.26. The van der Waals surface area contributed by atoms with Crippen molar-refractivity contribution in [2.45, 2.75) is 32.0 Å². The molecule has 1 aliphatic heterocycles. The van der Waals surface area contributed by atoms with E-state index in [0.29, 0.717) is 12.2 Å². The molecule has 1 heterocycles. The first kappa shape index (κ1) is 17.3. The van der Waals surface area contributed by atoms with E-state index in [1.165, 1.54) is 5.56 Å². The van der Waals surface area contributed by atoms with Crippen LogP contribution in [0.3, 0.4) is 0 Å². The van der Waals surface area contributed by atoms with Gasteiger partial charge in [-0.25, -0.2) is 0 Å². The molecule has 27 heavy (non-hydrogen) atoms. The molecule has 0 saturated carbocycles. The molecular weight excluding hydrogens is 336 g/mol. The van der Waals surface area contributed by atoms with E-state index < -0.39 is 0 Å². The number of hydrogen-bond donors (Lipinski definition) is 0. The number of fused-ring (bicyclic) bond motifs is 1. The molecule has 0 aromatic heterocycles. The predicted octanol–water partition coefficient (Wildman–Crippen LogP) is 5.01. The van der Waals surface area contributed by atoms with Crippen LogP contribution < -0.4 is 9.47 Å². The maximum Gasteiger partial charge on any atom is 0.150 e. The zero-order valence-corrected chi connectivity index (χ0v) is 15.1. The third-order valence-corrected chi connectivity index (χ3v) is 4.88. The van der Waals surface area contributed by atoms with Crippen molar-refractivity contribution >= 4 is 6.29 Å². The van der Waals surface area contributed by atoms with Gasteiger partial charge in [0.05, 0.1) is 0 Å². The highest BCUT2D eigenvalue weighted by molar-refractivity contribution is 5.75. The standard InChI is InChI=1S/C24H22O3/c25-16-20-8-13-24-21(14-20)9-12-23(27-24)15-18-6-10-22(11-7-18)26-17-19-4-2-1-3-5-19/h1-8,10-11,13-14,16,23H,9,12,15,17H2/t23-/m1/s1. The summed E-state index contributed by atoms with van der Waals surface area (Å²) >= 11 is 0. The molecule has 3 nitrogen and oxygen atoms in total. The monoisotopic (exact) mass is 358 g/mol. The first-order valence-corrected chi connectivity index (χ1v) is 9.30. The summed E-state index contributed by atoms with van der Waals surface area (Å²) in [5, 5.41) is 0. The van der Waals surface area contributed by atoms with Crippen LogP contribution in [0.15, 0.2) is 72.8 Å². The third kappa shape index (κ3) is 4.37. The normalized spacial score (nSPS) is 15.5. The highest BCUT2D eigenvalue weighted by atomic mass is 16.5. The van der Waals surface area contributed by atoms with Crippen LogP contribution in [0.4, 0.5) is 0 Å². The zero-order valence-electron chi connectivity index (χ0n) is 15.1. The Morgan fingerprint density at radius 1 is 0.963 bits per heavy atom. The summed E-state index contributed by atoms with van der Waals surface area (Å²) in [5.74, 6) is 1.78. The van der Waals surface area contributed by atoms with Crippen LogP contribution in [-0.4, -0.2) is 12.4 Å². The smallest absolute Gasteiger partial charge is 0.150 e. The molecule has 0 bridgehead atoms. The predicted molar refractivity (Wildman–Crippen MR) is 105 cm³/mol. The van der Waals surface area contributed by atoms with E-state index in [1.54, 1.807) is 0 Å². The summed E-state index contributed by atoms with van der Waals surface area (Å²) < 4.78 is 12.0. The molecule has 3 aromatic carbocycles. The van der Waals surface area contributed by atoms with Crippen molar-refractivity contribution in [2.75, 3.05) is 0 Å². The molecule has 0 fully saturated rings. The van der Waals surface area contributed by atoms with Gasteiger partial charge < -0.3 is 9.47 Å². The Morgan fingerprint density at radius 2 is 1.78 bits per heavy atom. The van der Waals surface area contributed by atoms with Crippen LogP contribution >= 0.6 is 0 Å². The van der Waals surface area contributed by atoms with E-state index in [9.17, 15) is 4.79 Å². The molecule has 1 aliphatic rings. The van der Waals surface area contributed by atoms with Crippen molar-refractivity contribution in [1.29, 1.82) is 0 Å². The van der Waals surface area contributed by atoms with Crippen molar-refractivity contribution in [3.05, 3.63) is 95.1 Å². The molecule has 0 N–H and O–H groups in total. The molecule has 3 heteroatoms. The number of aryl methyl sites for hydroxylation is 1. The lowest BCUT2D eigenvalue weighted by molar-refractivity contribution is 0.112. The second-order valence-corrected chi connectivity index (χ2v) is 6.89. The number of carbonyl (C=O) groups excluding carboxylic acids is 1. The van der Waals surface area contributed by atoms with Crippen molar-refractivity contribution in [2.24, 2.45) is 0 Å². The highest BCUT2D eigenvalue weighted by Gasteiger charge is 2.20. The van der Waals surface area contributed by atoms with Crippen molar-refractivity contribution in [1.82, 2.24) is 0 Å². The fourth-order valence-electron chi connectivity index (χ4n) is 3.41. The van der Waals surface area contributed by atoms with Crippen LogP contribution in [0.1, 0.15) is 33.5 Å². The lowest BCUT2D eigenvalue weighted by atomic mass is 9.96. The molecule has 0 spiro atoms. The van der Waals surface area contributed by atoms with E-state index >= 15 is 0 Å². The van der Waals surface area contributed by atoms with Gasteiger partial charge in [0.2, 0.25) is 0 Å². The fraction of sp³-hybridized carbons (Fsp3) is 0.208. The molecule has 0 amide bonds. The van der Waals surface area contributed by atoms with Crippen molar-refractivity contribution in [3.63, 3.8) is 0 Å². The van der Waals surface area contributed by atoms with E-state index in [0.717, 1.165) is 48.2 Å². The first-order valence-electron chi connectivity index (χ1n) is 9.30. The maximum absolute atomic E-state index is 10.9.